The summed E-state index contributed by atoms with van der Waals surface area (Å²) in [5.74, 6) is 0.283. The average molecular weight is 724 g/mol. The van der Waals surface area contributed by atoms with E-state index in [1.165, 1.54) is 11.0 Å². The van der Waals surface area contributed by atoms with Gasteiger partial charge in [0, 0.05) is 54.7 Å². The summed E-state index contributed by atoms with van der Waals surface area (Å²) < 4.78 is 23.7. The fourth-order valence-corrected chi connectivity index (χ4v) is 6.98. The maximum Gasteiger partial charge on any atom is 0.350 e. The second-order valence-corrected chi connectivity index (χ2v) is 13.0. The summed E-state index contributed by atoms with van der Waals surface area (Å²) in [5, 5.41) is 9.62. The molecule has 50 heavy (non-hydrogen) atoms. The maximum absolute atomic E-state index is 12.8. The van der Waals surface area contributed by atoms with Gasteiger partial charge < -0.3 is 29.5 Å². The number of rotatable bonds is 11. The Bertz CT molecular complexity index is 1930. The van der Waals surface area contributed by atoms with Crippen LogP contribution in [0, 0.1) is 6.92 Å². The van der Waals surface area contributed by atoms with Crippen LogP contribution in [0.4, 0.5) is 11.4 Å². The highest BCUT2D eigenvalue weighted by molar-refractivity contribution is 6.35. The molecular formula is C35H40Cl2N8O5. The van der Waals surface area contributed by atoms with E-state index in [9.17, 15) is 4.79 Å². The molecule has 2 N–H and O–H groups in total. The van der Waals surface area contributed by atoms with Crippen molar-refractivity contribution in [1.29, 1.82) is 0 Å². The molecule has 0 radical (unpaired) electrons. The number of piperazine rings is 1. The van der Waals surface area contributed by atoms with Crippen LogP contribution in [-0.2, 0) is 28.4 Å². The van der Waals surface area contributed by atoms with Crippen molar-refractivity contribution in [3.8, 4) is 11.4 Å². The van der Waals surface area contributed by atoms with E-state index in [1.807, 2.05) is 44.2 Å². The van der Waals surface area contributed by atoms with E-state index in [2.05, 4.69) is 49.2 Å². The maximum atomic E-state index is 12.8. The molecule has 4 heterocycles. The third-order valence-corrected chi connectivity index (χ3v) is 9.41. The lowest BCUT2D eigenvalue weighted by molar-refractivity contribution is -0.190. The Hall–Kier alpha value is -4.40. The summed E-state index contributed by atoms with van der Waals surface area (Å²) in [7, 11) is 0. The monoisotopic (exact) mass is 722 g/mol. The molecular weight excluding hydrogens is 683 g/mol. The van der Waals surface area contributed by atoms with E-state index >= 15 is 0 Å². The minimum Gasteiger partial charge on any atom is -0.491 e. The predicted octanol–water partition coefficient (Wildman–Crippen LogP) is 4.50. The van der Waals surface area contributed by atoms with Gasteiger partial charge in [0.2, 0.25) is 5.79 Å². The van der Waals surface area contributed by atoms with Gasteiger partial charge in [-0.15, -0.1) is 0 Å². The Morgan fingerprint density at radius 3 is 2.22 bits per heavy atom. The van der Waals surface area contributed by atoms with Crippen molar-refractivity contribution < 1.29 is 19.7 Å². The van der Waals surface area contributed by atoms with Crippen LogP contribution in [0.1, 0.15) is 24.7 Å². The summed E-state index contributed by atoms with van der Waals surface area (Å²) in [6.07, 6.45) is 3.60. The molecule has 2 saturated heterocycles. The lowest BCUT2D eigenvalue weighted by atomic mass is 10.1. The van der Waals surface area contributed by atoms with Crippen molar-refractivity contribution in [2.24, 2.45) is 0 Å². The van der Waals surface area contributed by atoms with E-state index in [-0.39, 0.29) is 23.8 Å². The molecule has 3 aromatic carbocycles. The van der Waals surface area contributed by atoms with Gasteiger partial charge in [0.1, 0.15) is 43.5 Å². The first kappa shape index (κ1) is 35.4. The van der Waals surface area contributed by atoms with Crippen LogP contribution in [0.15, 0.2) is 84.2 Å². The van der Waals surface area contributed by atoms with Crippen LogP contribution in [-0.4, -0.2) is 80.1 Å². The van der Waals surface area contributed by atoms with Crippen LogP contribution in [0.25, 0.3) is 5.69 Å². The van der Waals surface area contributed by atoms with Gasteiger partial charge in [-0.25, -0.2) is 23.7 Å². The van der Waals surface area contributed by atoms with Crippen LogP contribution in [0.3, 0.4) is 0 Å². The molecule has 13 nitrogen and oxygen atoms in total. The van der Waals surface area contributed by atoms with Crippen molar-refractivity contribution >= 4 is 34.6 Å². The number of benzene rings is 3. The van der Waals surface area contributed by atoms with E-state index in [1.54, 1.807) is 27.7 Å². The van der Waals surface area contributed by atoms with E-state index in [0.29, 0.717) is 41.2 Å². The lowest BCUT2D eigenvalue weighted by Crippen LogP contribution is -2.46. The quantitative estimate of drug-likeness (QED) is 0.193. The van der Waals surface area contributed by atoms with Gasteiger partial charge in [0.25, 0.3) is 0 Å². The number of nitrogens with zero attached hydrogens (tertiary/aromatic N) is 8. The third-order valence-electron chi connectivity index (χ3n) is 8.86. The minimum absolute atomic E-state index is 0. The number of hydrogen-bond acceptors (Lipinski definition) is 9. The molecule has 2 fully saturated rings. The summed E-state index contributed by atoms with van der Waals surface area (Å²) >= 11 is 12.7. The number of anilines is 2. The smallest absolute Gasteiger partial charge is 0.350 e. The van der Waals surface area contributed by atoms with Crippen molar-refractivity contribution in [1.82, 2.24) is 29.1 Å². The highest BCUT2D eigenvalue weighted by Crippen LogP contribution is 2.40. The topological polar surface area (TPSA) is 136 Å². The molecule has 2 atom stereocenters. The summed E-state index contributed by atoms with van der Waals surface area (Å²) in [6, 6.07) is 21.6. The molecule has 0 spiro atoms. The Labute approximate surface area is 299 Å². The van der Waals surface area contributed by atoms with Gasteiger partial charge in [-0.1, -0.05) is 36.2 Å². The zero-order valence-electron chi connectivity index (χ0n) is 27.9. The van der Waals surface area contributed by atoms with Gasteiger partial charge >= 0.3 is 5.69 Å². The molecule has 15 heteroatoms. The average Bonchev–Trinajstić information content (AvgIpc) is 3.84. The zero-order chi connectivity index (χ0) is 34.0. The van der Waals surface area contributed by atoms with Crippen molar-refractivity contribution in [3.63, 3.8) is 0 Å². The largest absolute Gasteiger partial charge is 0.491 e. The molecule has 7 rings (SSSR count). The van der Waals surface area contributed by atoms with E-state index in [0.717, 1.165) is 55.4 Å². The second-order valence-electron chi connectivity index (χ2n) is 12.2. The molecule has 5 aromatic rings. The van der Waals surface area contributed by atoms with Gasteiger partial charge in [-0.2, -0.15) is 10.2 Å². The lowest BCUT2D eigenvalue weighted by Gasteiger charge is -2.37. The van der Waals surface area contributed by atoms with Gasteiger partial charge in [-0.3, -0.25) is 0 Å². The fourth-order valence-electron chi connectivity index (χ4n) is 6.43. The first-order valence-electron chi connectivity index (χ1n) is 16.4. The Morgan fingerprint density at radius 1 is 0.940 bits per heavy atom. The molecule has 264 valence electrons. The first-order valence-corrected chi connectivity index (χ1v) is 17.2. The molecule has 2 aliphatic heterocycles. The van der Waals surface area contributed by atoms with Gasteiger partial charge in [0.15, 0.2) is 0 Å². The van der Waals surface area contributed by atoms with Gasteiger partial charge in [0.05, 0.1) is 17.3 Å². The van der Waals surface area contributed by atoms with Crippen molar-refractivity contribution in [3.05, 3.63) is 111 Å². The number of aromatic nitrogens is 6. The SMILES string of the molecule is CCCn1nc(C)n(-c2ccc(N3CCN(c4ccc(OCC5COC(Cn6cncn6)(c6ccc(Cl)cc6Cl)O5)cc4)CC3)cc2)c1=O.O. The Balaban J connectivity index is 0.00000432. The standard InChI is InChI=1S/C35H38Cl2N8O4.H2O/c1-3-14-44-34(46)45(25(2)40-44)29-7-5-27(6-8-29)41-15-17-42(18-16-41)28-9-11-30(12-10-28)47-20-31-21-48-35(49-31,22-43-24-38-23-39-43)32-13-4-26(36)19-33(32)37;/h4-13,19,23-24,31H,3,14-18,20-22H2,1-2H3;1H2. The summed E-state index contributed by atoms with van der Waals surface area (Å²) in [5.41, 5.74) is 3.68. The first-order chi connectivity index (χ1) is 23.8. The molecule has 2 aliphatic rings. The Morgan fingerprint density at radius 2 is 1.60 bits per heavy atom. The van der Waals surface area contributed by atoms with Crippen LogP contribution in [0.5, 0.6) is 5.75 Å². The Kier molecular flexibility index (Phi) is 10.8. The number of hydrogen-bond donors (Lipinski definition) is 0. The van der Waals surface area contributed by atoms with E-state index in [4.69, 9.17) is 37.4 Å². The normalized spacial score (nSPS) is 19.1. The minimum atomic E-state index is -1.16. The van der Waals surface area contributed by atoms with Crippen LogP contribution < -0.4 is 20.2 Å². The third kappa shape index (κ3) is 7.37. The number of ether oxygens (including phenoxy) is 3. The molecule has 0 bridgehead atoms. The number of aryl methyl sites for hydroxylation is 2. The van der Waals surface area contributed by atoms with Crippen molar-refractivity contribution in [2.75, 3.05) is 49.2 Å². The fraction of sp³-hybridized carbons (Fsp3) is 0.371. The van der Waals surface area contributed by atoms with Crippen molar-refractivity contribution in [2.45, 2.75) is 45.2 Å². The predicted molar refractivity (Wildman–Crippen MR) is 192 cm³/mol. The summed E-state index contributed by atoms with van der Waals surface area (Å²) in [4.78, 5) is 21.6. The molecule has 0 saturated carbocycles. The molecule has 2 aromatic heterocycles. The van der Waals surface area contributed by atoms with E-state index < -0.39 is 5.79 Å². The highest BCUT2D eigenvalue weighted by atomic mass is 35.5. The molecule has 0 aliphatic carbocycles. The van der Waals surface area contributed by atoms with Crippen LogP contribution >= 0.6 is 23.2 Å². The number of halogens is 2. The van der Waals surface area contributed by atoms with Crippen LogP contribution in [0.2, 0.25) is 10.0 Å². The molecule has 0 amide bonds. The second kappa shape index (κ2) is 15.2. The molecule has 2 unspecified atom stereocenters. The highest BCUT2D eigenvalue weighted by Gasteiger charge is 2.45. The summed E-state index contributed by atoms with van der Waals surface area (Å²) in [6.45, 7) is 8.96. The van der Waals surface area contributed by atoms with Gasteiger partial charge in [-0.05, 0) is 74.0 Å². The zero-order valence-corrected chi connectivity index (χ0v) is 29.4.